The molecule has 0 aromatic rings. The van der Waals surface area contributed by atoms with Crippen molar-refractivity contribution in [2.75, 3.05) is 26.7 Å². The summed E-state index contributed by atoms with van der Waals surface area (Å²) >= 11 is 0. The fourth-order valence-electron chi connectivity index (χ4n) is 2.88. The van der Waals surface area contributed by atoms with Gasteiger partial charge in [-0.15, -0.1) is 0 Å². The van der Waals surface area contributed by atoms with Gasteiger partial charge < -0.3 is 16.4 Å². The van der Waals surface area contributed by atoms with Crippen molar-refractivity contribution in [2.45, 2.75) is 51.2 Å². The smallest absolute Gasteiger partial charge is 0.237 e. The lowest BCUT2D eigenvalue weighted by molar-refractivity contribution is -0.123. The van der Waals surface area contributed by atoms with E-state index < -0.39 is 11.4 Å². The molecule has 0 spiro atoms. The summed E-state index contributed by atoms with van der Waals surface area (Å²) in [6.07, 6.45) is 1.76. The summed E-state index contributed by atoms with van der Waals surface area (Å²) in [7, 11) is 2.15. The van der Waals surface area contributed by atoms with E-state index in [0.717, 1.165) is 26.1 Å². The number of hydrogen-bond acceptors (Lipinski definition) is 4. The zero-order chi connectivity index (χ0) is 13.9. The molecule has 0 aromatic carbocycles. The predicted molar refractivity (Wildman–Crippen MR) is 74.1 cm³/mol. The summed E-state index contributed by atoms with van der Waals surface area (Å²) in [6, 6.07) is 0.755. The Hall–Kier alpha value is -0.650. The molecule has 1 saturated heterocycles. The van der Waals surface area contributed by atoms with Crippen molar-refractivity contribution in [1.29, 1.82) is 0 Å². The van der Waals surface area contributed by atoms with Gasteiger partial charge in [-0.3, -0.25) is 9.69 Å². The van der Waals surface area contributed by atoms with Gasteiger partial charge in [0.25, 0.3) is 0 Å². The lowest BCUT2D eigenvalue weighted by Gasteiger charge is -2.36. The molecule has 0 bridgehead atoms. The van der Waals surface area contributed by atoms with Gasteiger partial charge in [0.1, 0.15) is 0 Å². The van der Waals surface area contributed by atoms with Crippen LogP contribution in [-0.2, 0) is 4.79 Å². The first-order chi connectivity index (χ1) is 8.24. The summed E-state index contributed by atoms with van der Waals surface area (Å²) in [5, 5.41) is 0. The maximum atomic E-state index is 11.3. The molecular weight excluding hydrogens is 228 g/mol. The van der Waals surface area contributed by atoms with Crippen molar-refractivity contribution in [3.8, 4) is 0 Å². The highest BCUT2D eigenvalue weighted by Crippen LogP contribution is 2.18. The normalized spacial score (nSPS) is 28.4. The molecule has 0 radical (unpaired) electrons. The number of primary amides is 1. The van der Waals surface area contributed by atoms with E-state index in [-0.39, 0.29) is 6.04 Å². The SMILES string of the molecule is CC1CN(C)CCCN1C(C)CC(C)(N)C(N)=O. The second kappa shape index (κ2) is 5.99. The summed E-state index contributed by atoms with van der Waals surface area (Å²) in [4.78, 5) is 16.1. The summed E-state index contributed by atoms with van der Waals surface area (Å²) in [5.41, 5.74) is 10.4. The van der Waals surface area contributed by atoms with Gasteiger partial charge in [0.2, 0.25) is 5.91 Å². The molecule has 1 aliphatic heterocycles. The van der Waals surface area contributed by atoms with Gasteiger partial charge in [-0.25, -0.2) is 0 Å². The molecule has 5 heteroatoms. The van der Waals surface area contributed by atoms with E-state index in [9.17, 15) is 4.79 Å². The van der Waals surface area contributed by atoms with Gasteiger partial charge in [-0.2, -0.15) is 0 Å². The quantitative estimate of drug-likeness (QED) is 0.742. The van der Waals surface area contributed by atoms with Crippen LogP contribution in [0.25, 0.3) is 0 Å². The second-order valence-electron chi connectivity index (χ2n) is 6.04. The number of carbonyl (C=O) groups is 1. The molecule has 1 amide bonds. The van der Waals surface area contributed by atoms with Crippen molar-refractivity contribution >= 4 is 5.91 Å². The van der Waals surface area contributed by atoms with Crippen LogP contribution < -0.4 is 11.5 Å². The van der Waals surface area contributed by atoms with Crippen LogP contribution in [-0.4, -0.2) is 60.0 Å². The van der Waals surface area contributed by atoms with Crippen LogP contribution in [0.1, 0.15) is 33.6 Å². The largest absolute Gasteiger partial charge is 0.368 e. The third kappa shape index (κ3) is 3.93. The molecule has 1 fully saturated rings. The number of carbonyl (C=O) groups excluding carboxylic acids is 1. The van der Waals surface area contributed by atoms with Gasteiger partial charge in [0, 0.05) is 18.6 Å². The molecule has 0 aliphatic carbocycles. The molecular formula is C13H28N4O. The van der Waals surface area contributed by atoms with Crippen LogP contribution in [0.5, 0.6) is 0 Å². The topological polar surface area (TPSA) is 75.6 Å². The molecule has 3 atom stereocenters. The van der Waals surface area contributed by atoms with Crippen molar-refractivity contribution in [3.63, 3.8) is 0 Å². The zero-order valence-corrected chi connectivity index (χ0v) is 12.1. The Balaban J connectivity index is 2.65. The maximum Gasteiger partial charge on any atom is 0.237 e. The first kappa shape index (κ1) is 15.4. The Morgan fingerprint density at radius 3 is 2.67 bits per heavy atom. The molecule has 5 nitrogen and oxygen atoms in total. The Kier molecular flexibility index (Phi) is 5.13. The van der Waals surface area contributed by atoms with E-state index in [0.29, 0.717) is 12.5 Å². The average molecular weight is 256 g/mol. The standard InChI is InChI=1S/C13H28N4O/c1-10(8-13(3,15)12(14)18)17-7-5-6-16(4)9-11(17)2/h10-11H,5-9,15H2,1-4H3,(H2,14,18). The van der Waals surface area contributed by atoms with E-state index in [2.05, 4.69) is 30.7 Å². The van der Waals surface area contributed by atoms with Crippen LogP contribution in [0.15, 0.2) is 0 Å². The fourth-order valence-corrected chi connectivity index (χ4v) is 2.88. The van der Waals surface area contributed by atoms with Gasteiger partial charge in [-0.1, -0.05) is 0 Å². The number of nitrogens with two attached hydrogens (primary N) is 2. The fraction of sp³-hybridized carbons (Fsp3) is 0.923. The molecule has 18 heavy (non-hydrogen) atoms. The number of rotatable bonds is 4. The number of nitrogens with zero attached hydrogens (tertiary/aromatic N) is 2. The van der Waals surface area contributed by atoms with Gasteiger partial charge >= 0.3 is 0 Å². The average Bonchev–Trinajstić information content (AvgIpc) is 2.38. The monoisotopic (exact) mass is 256 g/mol. The van der Waals surface area contributed by atoms with E-state index in [1.807, 2.05) is 0 Å². The highest BCUT2D eigenvalue weighted by atomic mass is 16.1. The number of amides is 1. The van der Waals surface area contributed by atoms with Crippen molar-refractivity contribution in [1.82, 2.24) is 9.80 Å². The lowest BCUT2D eigenvalue weighted by atomic mass is 9.93. The minimum Gasteiger partial charge on any atom is -0.368 e. The van der Waals surface area contributed by atoms with Crippen LogP contribution >= 0.6 is 0 Å². The van der Waals surface area contributed by atoms with Gasteiger partial charge in [-0.05, 0) is 53.8 Å². The Labute approximate surface area is 110 Å². The lowest BCUT2D eigenvalue weighted by Crippen LogP contribution is -2.54. The minimum atomic E-state index is -0.919. The Morgan fingerprint density at radius 1 is 1.50 bits per heavy atom. The summed E-state index contributed by atoms with van der Waals surface area (Å²) in [5.74, 6) is -0.422. The zero-order valence-electron chi connectivity index (χ0n) is 12.1. The van der Waals surface area contributed by atoms with Gasteiger partial charge in [0.15, 0.2) is 0 Å². The highest BCUT2D eigenvalue weighted by molar-refractivity contribution is 5.83. The molecule has 1 rings (SSSR count). The van der Waals surface area contributed by atoms with E-state index in [4.69, 9.17) is 11.5 Å². The Bertz CT molecular complexity index is 293. The van der Waals surface area contributed by atoms with E-state index in [1.54, 1.807) is 6.92 Å². The maximum absolute atomic E-state index is 11.3. The number of likely N-dealkylation sites (N-methyl/N-ethyl adjacent to an activating group) is 1. The molecule has 1 heterocycles. The van der Waals surface area contributed by atoms with Crippen molar-refractivity contribution in [3.05, 3.63) is 0 Å². The first-order valence-electron chi connectivity index (χ1n) is 6.77. The van der Waals surface area contributed by atoms with Crippen molar-refractivity contribution < 1.29 is 4.79 Å². The third-order valence-corrected chi connectivity index (χ3v) is 3.95. The summed E-state index contributed by atoms with van der Waals surface area (Å²) < 4.78 is 0. The predicted octanol–water partition coefficient (Wildman–Crippen LogP) is -0.00630. The van der Waals surface area contributed by atoms with Crippen LogP contribution in [0, 0.1) is 0 Å². The van der Waals surface area contributed by atoms with E-state index >= 15 is 0 Å². The highest BCUT2D eigenvalue weighted by Gasteiger charge is 2.32. The molecule has 1 aliphatic rings. The second-order valence-corrected chi connectivity index (χ2v) is 6.04. The minimum absolute atomic E-state index is 0.272. The van der Waals surface area contributed by atoms with E-state index in [1.165, 1.54) is 0 Å². The van der Waals surface area contributed by atoms with Crippen LogP contribution in [0.3, 0.4) is 0 Å². The molecule has 3 unspecified atom stereocenters. The molecule has 0 aromatic heterocycles. The molecule has 106 valence electrons. The first-order valence-corrected chi connectivity index (χ1v) is 6.77. The van der Waals surface area contributed by atoms with Crippen LogP contribution in [0.4, 0.5) is 0 Å². The van der Waals surface area contributed by atoms with Gasteiger partial charge in [0.05, 0.1) is 5.54 Å². The van der Waals surface area contributed by atoms with Crippen molar-refractivity contribution in [2.24, 2.45) is 11.5 Å². The number of hydrogen-bond donors (Lipinski definition) is 2. The van der Waals surface area contributed by atoms with Crippen LogP contribution in [0.2, 0.25) is 0 Å². The molecule has 4 N–H and O–H groups in total. The third-order valence-electron chi connectivity index (χ3n) is 3.95. The summed E-state index contributed by atoms with van der Waals surface area (Å²) in [6.45, 7) is 9.33. The molecule has 0 saturated carbocycles. The Morgan fingerprint density at radius 2 is 2.11 bits per heavy atom.